The number of hydrogen-bond acceptors (Lipinski definition) is 3. The van der Waals surface area contributed by atoms with E-state index >= 15 is 0 Å². The molecule has 0 heterocycles. The molecule has 0 fully saturated rings. The lowest BCUT2D eigenvalue weighted by molar-refractivity contribution is 0.352. The first-order valence-corrected chi connectivity index (χ1v) is 7.15. The van der Waals surface area contributed by atoms with E-state index in [9.17, 15) is 0 Å². The van der Waals surface area contributed by atoms with Gasteiger partial charge in [0, 0.05) is 10.5 Å². The Kier molecular flexibility index (Phi) is 4.90. The maximum Gasteiger partial charge on any atom is 0.164 e. The maximum atomic E-state index is 5.84. The molecule has 106 valence electrons. The van der Waals surface area contributed by atoms with Crippen molar-refractivity contribution in [3.63, 3.8) is 0 Å². The number of halogens is 1. The van der Waals surface area contributed by atoms with E-state index in [1.165, 1.54) is 5.56 Å². The highest BCUT2D eigenvalue weighted by Gasteiger charge is 2.07. The third kappa shape index (κ3) is 3.25. The molecule has 0 N–H and O–H groups in total. The van der Waals surface area contributed by atoms with Crippen molar-refractivity contribution < 1.29 is 14.2 Å². The van der Waals surface area contributed by atoms with Crippen LogP contribution in [-0.4, -0.2) is 14.2 Å². The minimum Gasteiger partial charge on any atom is -0.493 e. The van der Waals surface area contributed by atoms with Gasteiger partial charge in [-0.3, -0.25) is 0 Å². The topological polar surface area (TPSA) is 27.7 Å². The van der Waals surface area contributed by atoms with Gasteiger partial charge in [0.2, 0.25) is 0 Å². The average molecular weight is 337 g/mol. The summed E-state index contributed by atoms with van der Waals surface area (Å²) < 4.78 is 17.4. The van der Waals surface area contributed by atoms with Gasteiger partial charge in [0.25, 0.3) is 0 Å². The second-order valence-electron chi connectivity index (χ2n) is 4.23. The van der Waals surface area contributed by atoms with Crippen molar-refractivity contribution in [3.05, 3.63) is 46.4 Å². The van der Waals surface area contributed by atoms with Crippen LogP contribution in [0.15, 0.2) is 40.9 Å². The lowest BCUT2D eigenvalue weighted by Gasteiger charge is -2.11. The Bertz CT molecular complexity index is 596. The van der Waals surface area contributed by atoms with Crippen LogP contribution in [0.25, 0.3) is 0 Å². The van der Waals surface area contributed by atoms with E-state index in [-0.39, 0.29) is 0 Å². The summed E-state index contributed by atoms with van der Waals surface area (Å²) in [4.78, 5) is 0. The normalized spacial score (nSPS) is 10.2. The first kappa shape index (κ1) is 14.7. The van der Waals surface area contributed by atoms with Crippen LogP contribution in [0.1, 0.15) is 12.5 Å². The second-order valence-corrected chi connectivity index (χ2v) is 5.08. The van der Waals surface area contributed by atoms with E-state index in [1.807, 2.05) is 24.3 Å². The molecule has 2 aromatic carbocycles. The monoisotopic (exact) mass is 336 g/mol. The van der Waals surface area contributed by atoms with E-state index in [4.69, 9.17) is 14.2 Å². The van der Waals surface area contributed by atoms with Gasteiger partial charge in [0.1, 0.15) is 11.5 Å². The highest BCUT2D eigenvalue weighted by molar-refractivity contribution is 9.10. The van der Waals surface area contributed by atoms with Crippen molar-refractivity contribution in [1.29, 1.82) is 0 Å². The van der Waals surface area contributed by atoms with Crippen LogP contribution in [0.5, 0.6) is 23.0 Å². The van der Waals surface area contributed by atoms with Crippen molar-refractivity contribution >= 4 is 15.9 Å². The highest BCUT2D eigenvalue weighted by atomic mass is 79.9. The average Bonchev–Trinajstić information content (AvgIpc) is 2.47. The number of methoxy groups -OCH3 is 2. The maximum absolute atomic E-state index is 5.84. The third-order valence-electron chi connectivity index (χ3n) is 3.00. The second kappa shape index (κ2) is 6.66. The molecule has 0 unspecified atom stereocenters. The molecule has 2 rings (SSSR count). The van der Waals surface area contributed by atoms with Gasteiger partial charge in [-0.05, 0) is 36.2 Å². The van der Waals surface area contributed by atoms with Gasteiger partial charge >= 0.3 is 0 Å². The molecule has 0 radical (unpaired) electrons. The molecular formula is C16H17BrO3. The van der Waals surface area contributed by atoms with E-state index in [2.05, 4.69) is 28.9 Å². The largest absolute Gasteiger partial charge is 0.493 e. The van der Waals surface area contributed by atoms with E-state index in [0.717, 1.165) is 16.6 Å². The Hall–Kier alpha value is -1.68. The summed E-state index contributed by atoms with van der Waals surface area (Å²) in [6, 6.07) is 11.5. The molecule has 2 aromatic rings. The molecule has 0 aliphatic heterocycles. The molecule has 3 nitrogen and oxygen atoms in total. The van der Waals surface area contributed by atoms with Crippen molar-refractivity contribution in [3.8, 4) is 23.0 Å². The van der Waals surface area contributed by atoms with E-state index in [0.29, 0.717) is 17.2 Å². The zero-order valence-electron chi connectivity index (χ0n) is 11.8. The number of hydrogen-bond donors (Lipinski definition) is 0. The van der Waals surface area contributed by atoms with Crippen molar-refractivity contribution in [2.75, 3.05) is 14.2 Å². The van der Waals surface area contributed by atoms with Crippen LogP contribution in [0, 0.1) is 0 Å². The Morgan fingerprint density at radius 3 is 2.15 bits per heavy atom. The molecule has 0 aliphatic rings. The Morgan fingerprint density at radius 1 is 0.900 bits per heavy atom. The highest BCUT2D eigenvalue weighted by Crippen LogP contribution is 2.34. The molecular weight excluding hydrogens is 320 g/mol. The number of rotatable bonds is 5. The van der Waals surface area contributed by atoms with Crippen LogP contribution in [-0.2, 0) is 6.42 Å². The molecule has 0 saturated carbocycles. The fraction of sp³-hybridized carbons (Fsp3) is 0.250. The van der Waals surface area contributed by atoms with Gasteiger partial charge in [0.05, 0.1) is 14.2 Å². The predicted octanol–water partition coefficient (Wildman–Crippen LogP) is 4.82. The van der Waals surface area contributed by atoms with Gasteiger partial charge < -0.3 is 14.2 Å². The summed E-state index contributed by atoms with van der Waals surface area (Å²) >= 11 is 3.55. The first-order valence-electron chi connectivity index (χ1n) is 6.36. The molecule has 4 heteroatoms. The summed E-state index contributed by atoms with van der Waals surface area (Å²) in [6.45, 7) is 2.12. The molecule has 20 heavy (non-hydrogen) atoms. The molecule has 0 atom stereocenters. The molecule has 0 spiro atoms. The van der Waals surface area contributed by atoms with E-state index < -0.39 is 0 Å². The smallest absolute Gasteiger partial charge is 0.164 e. The van der Waals surface area contributed by atoms with Crippen molar-refractivity contribution in [2.45, 2.75) is 13.3 Å². The quantitative estimate of drug-likeness (QED) is 0.783. The first-order chi connectivity index (χ1) is 9.67. The predicted molar refractivity (Wildman–Crippen MR) is 83.1 cm³/mol. The molecule has 0 aromatic heterocycles. The van der Waals surface area contributed by atoms with Crippen molar-refractivity contribution in [1.82, 2.24) is 0 Å². The number of ether oxygens (including phenoxy) is 3. The third-order valence-corrected chi connectivity index (χ3v) is 3.73. The van der Waals surface area contributed by atoms with Crippen LogP contribution in [0.4, 0.5) is 0 Å². The van der Waals surface area contributed by atoms with Crippen LogP contribution in [0.3, 0.4) is 0 Å². The Labute approximate surface area is 127 Å². The minimum atomic E-state index is 0.647. The lowest BCUT2D eigenvalue weighted by atomic mass is 10.2. The molecule has 0 amide bonds. The van der Waals surface area contributed by atoms with Gasteiger partial charge in [-0.1, -0.05) is 28.9 Å². The minimum absolute atomic E-state index is 0.647. The fourth-order valence-corrected chi connectivity index (χ4v) is 2.53. The zero-order valence-corrected chi connectivity index (χ0v) is 13.4. The fourth-order valence-electron chi connectivity index (χ4n) is 1.89. The summed E-state index contributed by atoms with van der Waals surface area (Å²) in [6.07, 6.45) is 0.983. The van der Waals surface area contributed by atoms with E-state index in [1.54, 1.807) is 20.3 Å². The molecule has 0 aliphatic carbocycles. The van der Waals surface area contributed by atoms with Crippen LogP contribution >= 0.6 is 15.9 Å². The lowest BCUT2D eigenvalue weighted by Crippen LogP contribution is -1.92. The SMILES string of the molecule is CCc1ccc(Oc2ccc(OC)c(OC)c2)cc1Br. The molecule has 0 saturated heterocycles. The van der Waals surface area contributed by atoms with Crippen LogP contribution < -0.4 is 14.2 Å². The van der Waals surface area contributed by atoms with Gasteiger partial charge in [-0.2, -0.15) is 0 Å². The van der Waals surface area contributed by atoms with Gasteiger partial charge in [-0.25, -0.2) is 0 Å². The summed E-state index contributed by atoms with van der Waals surface area (Å²) in [5, 5.41) is 0. The summed E-state index contributed by atoms with van der Waals surface area (Å²) in [7, 11) is 3.22. The molecule has 0 bridgehead atoms. The zero-order chi connectivity index (χ0) is 14.5. The number of benzene rings is 2. The van der Waals surface area contributed by atoms with Crippen molar-refractivity contribution in [2.24, 2.45) is 0 Å². The summed E-state index contributed by atoms with van der Waals surface area (Å²) in [5.74, 6) is 2.82. The van der Waals surface area contributed by atoms with Gasteiger partial charge in [0.15, 0.2) is 11.5 Å². The van der Waals surface area contributed by atoms with Gasteiger partial charge in [-0.15, -0.1) is 0 Å². The number of aryl methyl sites for hydroxylation is 1. The summed E-state index contributed by atoms with van der Waals surface area (Å²) in [5.41, 5.74) is 1.25. The Morgan fingerprint density at radius 2 is 1.55 bits per heavy atom. The Balaban J connectivity index is 2.23. The van der Waals surface area contributed by atoms with Crippen LogP contribution in [0.2, 0.25) is 0 Å². The standard InChI is InChI=1S/C16H17BrO3/c1-4-11-5-6-12(9-14(11)17)20-13-7-8-15(18-2)16(10-13)19-3/h5-10H,4H2,1-3H3.